The number of nitrogens with one attached hydrogen (secondary N) is 1. The molecule has 1 N–H and O–H groups in total. The van der Waals surface area contributed by atoms with Crippen molar-refractivity contribution < 1.29 is 22.7 Å². The monoisotopic (exact) mass is 604 g/mol. The van der Waals surface area contributed by atoms with Gasteiger partial charge in [-0.15, -0.1) is 29.6 Å². The second-order valence-electron chi connectivity index (χ2n) is 10.5. The van der Waals surface area contributed by atoms with Crippen LogP contribution in [0.5, 0.6) is 5.75 Å². The van der Waals surface area contributed by atoms with Gasteiger partial charge in [0, 0.05) is 23.2 Å². The van der Waals surface area contributed by atoms with Crippen LogP contribution in [0.2, 0.25) is 0 Å². The van der Waals surface area contributed by atoms with Gasteiger partial charge in [0.15, 0.2) is 10.6 Å². The third-order valence-corrected chi connectivity index (χ3v) is 7.91. The van der Waals surface area contributed by atoms with E-state index in [4.69, 9.17) is 0 Å². The fourth-order valence-electron chi connectivity index (χ4n) is 5.20. The first-order valence-corrected chi connectivity index (χ1v) is 14.5. The van der Waals surface area contributed by atoms with Gasteiger partial charge < -0.3 is 10.1 Å². The van der Waals surface area contributed by atoms with Crippen LogP contribution < -0.4 is 14.9 Å². The lowest BCUT2D eigenvalue weighted by Crippen LogP contribution is -2.34. The minimum absolute atomic E-state index is 0.0965. The van der Waals surface area contributed by atoms with E-state index in [1.54, 1.807) is 0 Å². The Morgan fingerprint density at radius 1 is 1.07 bits per heavy atom. The molecule has 220 valence electrons. The number of para-hydroxylation sites is 1. The molecule has 2 aromatic heterocycles. The maximum absolute atomic E-state index is 13.0. The predicted octanol–water partition coefficient (Wildman–Crippen LogP) is 6.59. The number of benzene rings is 3. The van der Waals surface area contributed by atoms with Crippen molar-refractivity contribution in [1.29, 1.82) is 0 Å². The van der Waals surface area contributed by atoms with E-state index in [0.29, 0.717) is 35.1 Å². The van der Waals surface area contributed by atoms with Gasteiger partial charge in [-0.25, -0.2) is 14.5 Å². The molecule has 12 heteroatoms. The van der Waals surface area contributed by atoms with Crippen molar-refractivity contribution in [1.82, 2.24) is 24.6 Å². The molecule has 1 atom stereocenters. The van der Waals surface area contributed by atoms with Crippen LogP contribution in [-0.2, 0) is 12.8 Å². The van der Waals surface area contributed by atoms with E-state index in [1.165, 1.54) is 52.2 Å². The van der Waals surface area contributed by atoms with E-state index in [-0.39, 0.29) is 17.8 Å². The zero-order valence-corrected chi connectivity index (χ0v) is 24.1. The summed E-state index contributed by atoms with van der Waals surface area (Å²) in [6.45, 7) is 4.28. The molecule has 6 rings (SSSR count). The lowest BCUT2D eigenvalue weighted by molar-refractivity contribution is -0.274. The Balaban J connectivity index is 1.13. The first-order chi connectivity index (χ1) is 20.6. The van der Waals surface area contributed by atoms with Crippen LogP contribution in [0.15, 0.2) is 89.6 Å². The Kier molecular flexibility index (Phi) is 7.61. The lowest BCUT2D eigenvalue weighted by atomic mass is 10.0. The molecular weight excluding hydrogens is 577 g/mol. The minimum Gasteiger partial charge on any atom is -0.406 e. The average Bonchev–Trinajstić information content (AvgIpc) is 3.72. The Morgan fingerprint density at radius 3 is 2.60 bits per heavy atom. The van der Waals surface area contributed by atoms with Crippen molar-refractivity contribution >= 4 is 17.4 Å². The molecule has 1 aliphatic carbocycles. The maximum Gasteiger partial charge on any atom is 0.573 e. The zero-order valence-electron chi connectivity index (χ0n) is 23.2. The number of rotatable bonds is 6. The normalized spacial score (nSPS) is 15.1. The quantitative estimate of drug-likeness (QED) is 0.237. The SMILES string of the molecule is CC(C)c1ccccc1-n1ccs/c1=N\C(=O)NC1Cc2ccc(-c3ncn(-c4ccc(OC(F)(F)F)cc4)n3)cc2C1. The fourth-order valence-corrected chi connectivity index (χ4v) is 5.92. The van der Waals surface area contributed by atoms with Crippen molar-refractivity contribution in [2.45, 2.75) is 45.0 Å². The lowest BCUT2D eigenvalue weighted by Gasteiger charge is -2.13. The third-order valence-electron chi connectivity index (χ3n) is 7.16. The molecule has 0 bridgehead atoms. The standard InChI is InChI=1S/C31H27F3N6O2S/c1-19(2)26-5-3-4-6-27(26)39-13-14-43-30(39)37-29(41)36-23-16-20-7-8-21(15-22(20)17-23)28-35-18-40(38-28)24-9-11-25(12-10-24)42-31(32,33)34/h3-15,18-19,23H,16-17H2,1-2H3,(H,36,41)/b37-30-. The van der Waals surface area contributed by atoms with Crippen LogP contribution in [0.1, 0.15) is 36.5 Å². The van der Waals surface area contributed by atoms with Crippen LogP contribution in [0, 0.1) is 0 Å². The summed E-state index contributed by atoms with van der Waals surface area (Å²) in [7, 11) is 0. The summed E-state index contributed by atoms with van der Waals surface area (Å²) in [6, 6.07) is 19.0. The van der Waals surface area contributed by atoms with Crippen molar-refractivity contribution in [3.63, 3.8) is 0 Å². The molecule has 0 saturated heterocycles. The van der Waals surface area contributed by atoms with Crippen molar-refractivity contribution in [2.75, 3.05) is 0 Å². The Morgan fingerprint density at radius 2 is 1.84 bits per heavy atom. The highest BCUT2D eigenvalue weighted by molar-refractivity contribution is 7.07. The number of ether oxygens (including phenoxy) is 1. The number of hydrogen-bond acceptors (Lipinski definition) is 5. The summed E-state index contributed by atoms with van der Waals surface area (Å²) >= 11 is 1.41. The minimum atomic E-state index is -4.75. The summed E-state index contributed by atoms with van der Waals surface area (Å²) in [5.74, 6) is 0.491. The number of thiazole rings is 1. The molecule has 2 amide bonds. The van der Waals surface area contributed by atoms with E-state index in [1.807, 2.05) is 52.5 Å². The van der Waals surface area contributed by atoms with Gasteiger partial charge in [0.1, 0.15) is 12.1 Å². The number of hydrogen-bond donors (Lipinski definition) is 1. The number of halogens is 3. The van der Waals surface area contributed by atoms with E-state index in [2.05, 4.69) is 45.0 Å². The molecule has 43 heavy (non-hydrogen) atoms. The van der Waals surface area contributed by atoms with Gasteiger partial charge in [-0.1, -0.05) is 44.2 Å². The highest BCUT2D eigenvalue weighted by atomic mass is 32.1. The van der Waals surface area contributed by atoms with Crippen LogP contribution in [-0.4, -0.2) is 37.8 Å². The number of carbonyl (C=O) groups is 1. The Labute approximate surface area is 249 Å². The van der Waals surface area contributed by atoms with Crippen LogP contribution in [0.25, 0.3) is 22.8 Å². The molecule has 0 radical (unpaired) electrons. The van der Waals surface area contributed by atoms with E-state index < -0.39 is 6.36 Å². The summed E-state index contributed by atoms with van der Waals surface area (Å²) in [4.78, 5) is 22.3. The molecule has 3 aromatic carbocycles. The molecule has 0 aliphatic heterocycles. The van der Waals surface area contributed by atoms with E-state index in [9.17, 15) is 18.0 Å². The summed E-state index contributed by atoms with van der Waals surface area (Å²) in [5, 5.41) is 9.47. The number of urea groups is 1. The number of carbonyl (C=O) groups excluding carboxylic acids is 1. The number of fused-ring (bicyclic) bond motifs is 1. The third kappa shape index (κ3) is 6.38. The van der Waals surface area contributed by atoms with Crippen molar-refractivity contribution in [2.24, 2.45) is 4.99 Å². The van der Waals surface area contributed by atoms with E-state index >= 15 is 0 Å². The molecule has 1 aliphatic rings. The van der Waals surface area contributed by atoms with Gasteiger partial charge in [0.2, 0.25) is 0 Å². The first kappa shape index (κ1) is 28.4. The average molecular weight is 605 g/mol. The zero-order chi connectivity index (χ0) is 30.1. The molecule has 2 heterocycles. The highest BCUT2D eigenvalue weighted by Gasteiger charge is 2.31. The van der Waals surface area contributed by atoms with Crippen LogP contribution >= 0.6 is 11.3 Å². The van der Waals surface area contributed by atoms with Gasteiger partial charge >= 0.3 is 12.4 Å². The number of amides is 2. The first-order valence-electron chi connectivity index (χ1n) is 13.6. The molecule has 0 saturated carbocycles. The molecule has 5 aromatic rings. The second-order valence-corrected chi connectivity index (χ2v) is 11.3. The number of alkyl halides is 3. The largest absolute Gasteiger partial charge is 0.573 e. The summed E-state index contributed by atoms with van der Waals surface area (Å²) in [5.41, 5.74) is 5.75. The molecular formula is C31H27F3N6O2S. The van der Waals surface area contributed by atoms with Crippen LogP contribution in [0.4, 0.5) is 18.0 Å². The molecule has 0 fully saturated rings. The second kappa shape index (κ2) is 11.5. The number of nitrogens with zero attached hydrogens (tertiary/aromatic N) is 5. The van der Waals surface area contributed by atoms with Gasteiger partial charge in [-0.3, -0.25) is 4.57 Å². The van der Waals surface area contributed by atoms with Crippen molar-refractivity contribution in [3.05, 3.63) is 106 Å². The topological polar surface area (TPSA) is 86.3 Å². The highest BCUT2D eigenvalue weighted by Crippen LogP contribution is 2.28. The van der Waals surface area contributed by atoms with Gasteiger partial charge in [0.05, 0.1) is 11.4 Å². The fraction of sp³-hybridized carbons (Fsp3) is 0.226. The van der Waals surface area contributed by atoms with E-state index in [0.717, 1.165) is 22.4 Å². The Hall–Kier alpha value is -4.71. The van der Waals surface area contributed by atoms with Gasteiger partial charge in [0.25, 0.3) is 0 Å². The smallest absolute Gasteiger partial charge is 0.406 e. The molecule has 1 unspecified atom stereocenters. The van der Waals surface area contributed by atoms with Crippen LogP contribution in [0.3, 0.4) is 0 Å². The molecule has 8 nitrogen and oxygen atoms in total. The number of aromatic nitrogens is 4. The summed E-state index contributed by atoms with van der Waals surface area (Å²) in [6.07, 6.45) is 0.0117. The molecule has 0 spiro atoms. The maximum atomic E-state index is 13.0. The Bertz CT molecular complexity index is 1840. The van der Waals surface area contributed by atoms with Crippen molar-refractivity contribution in [3.8, 4) is 28.5 Å². The van der Waals surface area contributed by atoms with Gasteiger partial charge in [-0.2, -0.15) is 4.99 Å². The predicted molar refractivity (Wildman–Crippen MR) is 157 cm³/mol. The van der Waals surface area contributed by atoms with Gasteiger partial charge in [-0.05, 0) is 71.8 Å². The summed E-state index contributed by atoms with van der Waals surface area (Å²) < 4.78 is 44.7.